The molecular weight excluding hydrogens is 232 g/mol. The van der Waals surface area contributed by atoms with Crippen molar-refractivity contribution in [3.63, 3.8) is 0 Å². The van der Waals surface area contributed by atoms with Crippen molar-refractivity contribution in [3.8, 4) is 0 Å². The molecule has 5 rings (SSSR count). The second kappa shape index (κ2) is 4.73. The second-order valence-electron chi connectivity index (χ2n) is 8.36. The van der Waals surface area contributed by atoms with E-state index < -0.39 is 0 Å². The normalized spacial score (nSPS) is 49.1. The average Bonchev–Trinajstić information content (AvgIpc) is 2.83. The molecule has 0 aromatic carbocycles. The summed E-state index contributed by atoms with van der Waals surface area (Å²) in [6.07, 6.45) is 12.3. The highest BCUT2D eigenvalue weighted by Crippen LogP contribution is 2.61. The lowest BCUT2D eigenvalue weighted by Crippen LogP contribution is -2.47. The molecule has 4 bridgehead atoms. The minimum atomic E-state index is 0.773. The predicted molar refractivity (Wildman–Crippen MR) is 78.8 cm³/mol. The van der Waals surface area contributed by atoms with Gasteiger partial charge in [0.15, 0.2) is 0 Å². The molecule has 0 radical (unpaired) electrons. The Bertz CT molecular complexity index is 303. The number of nitrogens with zero attached hydrogens (tertiary/aromatic N) is 1. The molecule has 108 valence electrons. The fourth-order valence-electron chi connectivity index (χ4n) is 6.30. The average molecular weight is 262 g/mol. The summed E-state index contributed by atoms with van der Waals surface area (Å²) >= 11 is 0. The maximum atomic E-state index is 5.81. The lowest BCUT2D eigenvalue weighted by atomic mass is 9.49. The van der Waals surface area contributed by atoms with Crippen molar-refractivity contribution in [2.24, 2.45) is 34.8 Å². The first-order valence-electron chi connectivity index (χ1n) is 8.67. The summed E-state index contributed by atoms with van der Waals surface area (Å²) in [5.74, 6) is 4.13. The van der Waals surface area contributed by atoms with Crippen LogP contribution in [0.2, 0.25) is 0 Å². The molecule has 1 unspecified atom stereocenters. The zero-order chi connectivity index (χ0) is 12.9. The van der Waals surface area contributed by atoms with Crippen molar-refractivity contribution in [1.82, 2.24) is 4.90 Å². The molecule has 5 aliphatic rings. The maximum Gasteiger partial charge on any atom is 0.00222 e. The van der Waals surface area contributed by atoms with Crippen LogP contribution in [0.4, 0.5) is 0 Å². The van der Waals surface area contributed by atoms with Gasteiger partial charge in [0.2, 0.25) is 0 Å². The monoisotopic (exact) mass is 262 g/mol. The first-order chi connectivity index (χ1) is 9.25. The van der Waals surface area contributed by atoms with Crippen molar-refractivity contribution < 1.29 is 0 Å². The van der Waals surface area contributed by atoms with Crippen LogP contribution in [0.15, 0.2) is 0 Å². The third kappa shape index (κ3) is 2.35. The van der Waals surface area contributed by atoms with Crippen LogP contribution >= 0.6 is 0 Å². The summed E-state index contributed by atoms with van der Waals surface area (Å²) in [5, 5.41) is 0. The fraction of sp³-hybridized carbons (Fsp3) is 1.00. The van der Waals surface area contributed by atoms with Gasteiger partial charge >= 0.3 is 0 Å². The molecule has 2 heteroatoms. The van der Waals surface area contributed by atoms with Gasteiger partial charge in [0.05, 0.1) is 0 Å². The topological polar surface area (TPSA) is 29.3 Å². The van der Waals surface area contributed by atoms with E-state index in [4.69, 9.17) is 5.73 Å². The van der Waals surface area contributed by atoms with Crippen LogP contribution in [-0.2, 0) is 0 Å². The van der Waals surface area contributed by atoms with E-state index in [2.05, 4.69) is 4.90 Å². The Labute approximate surface area is 118 Å². The highest BCUT2D eigenvalue weighted by molar-refractivity contribution is 5.01. The van der Waals surface area contributed by atoms with Gasteiger partial charge in [-0.05, 0) is 100 Å². The Kier molecular flexibility index (Phi) is 3.15. The summed E-state index contributed by atoms with van der Waals surface area (Å²) in [7, 11) is 0. The largest absolute Gasteiger partial charge is 0.330 e. The molecule has 1 atom stereocenters. The number of likely N-dealkylation sites (tertiary alicyclic amines) is 1. The van der Waals surface area contributed by atoms with Gasteiger partial charge in [0.1, 0.15) is 0 Å². The molecule has 0 aromatic rings. The van der Waals surface area contributed by atoms with Crippen molar-refractivity contribution in [3.05, 3.63) is 0 Å². The van der Waals surface area contributed by atoms with Crippen LogP contribution in [0.5, 0.6) is 0 Å². The van der Waals surface area contributed by atoms with E-state index >= 15 is 0 Å². The smallest absolute Gasteiger partial charge is 0.00222 e. The third-order valence-electron chi connectivity index (χ3n) is 6.83. The van der Waals surface area contributed by atoms with Crippen LogP contribution < -0.4 is 5.73 Å². The Morgan fingerprint density at radius 3 is 2.16 bits per heavy atom. The van der Waals surface area contributed by atoms with Gasteiger partial charge in [-0.1, -0.05) is 0 Å². The molecule has 2 N–H and O–H groups in total. The van der Waals surface area contributed by atoms with Crippen LogP contribution in [0.1, 0.15) is 51.4 Å². The minimum Gasteiger partial charge on any atom is -0.330 e. The molecular formula is C17H30N2. The molecule has 4 saturated carbocycles. The lowest BCUT2D eigenvalue weighted by molar-refractivity contribution is -0.0604. The first kappa shape index (κ1) is 12.6. The van der Waals surface area contributed by atoms with Gasteiger partial charge < -0.3 is 10.6 Å². The molecule has 5 fully saturated rings. The number of rotatable bonds is 4. The molecule has 4 aliphatic carbocycles. The molecule has 1 saturated heterocycles. The van der Waals surface area contributed by atoms with Crippen molar-refractivity contribution >= 4 is 0 Å². The summed E-state index contributed by atoms with van der Waals surface area (Å²) < 4.78 is 0. The van der Waals surface area contributed by atoms with E-state index in [0.29, 0.717) is 0 Å². The van der Waals surface area contributed by atoms with Gasteiger partial charge in [-0.2, -0.15) is 0 Å². The number of nitrogens with two attached hydrogens (primary N) is 1. The standard InChI is InChI=1S/C17H30N2/c18-11-13-1-3-19(12-13)4-2-17-8-14-5-15(9-17)7-16(6-14)10-17/h13-16H,1-12,18H2. The fourth-order valence-corrected chi connectivity index (χ4v) is 6.30. The van der Waals surface area contributed by atoms with Gasteiger partial charge in [0.25, 0.3) is 0 Å². The van der Waals surface area contributed by atoms with Crippen LogP contribution in [-0.4, -0.2) is 31.1 Å². The van der Waals surface area contributed by atoms with Crippen molar-refractivity contribution in [2.45, 2.75) is 51.4 Å². The molecule has 2 nitrogen and oxygen atoms in total. The highest BCUT2D eigenvalue weighted by Gasteiger charge is 2.50. The summed E-state index contributed by atoms with van der Waals surface area (Å²) in [6.45, 7) is 4.85. The Morgan fingerprint density at radius 2 is 1.63 bits per heavy atom. The predicted octanol–water partition coefficient (Wildman–Crippen LogP) is 2.87. The zero-order valence-electron chi connectivity index (χ0n) is 12.3. The number of hydrogen-bond donors (Lipinski definition) is 1. The van der Waals surface area contributed by atoms with E-state index in [1.165, 1.54) is 32.5 Å². The molecule has 19 heavy (non-hydrogen) atoms. The van der Waals surface area contributed by atoms with E-state index in [-0.39, 0.29) is 0 Å². The van der Waals surface area contributed by atoms with E-state index in [1.54, 1.807) is 38.5 Å². The van der Waals surface area contributed by atoms with Gasteiger partial charge in [0, 0.05) is 6.54 Å². The summed E-state index contributed by atoms with van der Waals surface area (Å²) in [6, 6.07) is 0. The lowest BCUT2D eigenvalue weighted by Gasteiger charge is -2.57. The molecule has 1 aliphatic heterocycles. The highest BCUT2D eigenvalue weighted by atomic mass is 15.1. The van der Waals surface area contributed by atoms with Gasteiger partial charge in [-0.15, -0.1) is 0 Å². The van der Waals surface area contributed by atoms with Crippen molar-refractivity contribution in [2.75, 3.05) is 26.2 Å². The van der Waals surface area contributed by atoms with E-state index in [0.717, 1.165) is 35.6 Å². The van der Waals surface area contributed by atoms with Gasteiger partial charge in [-0.3, -0.25) is 0 Å². The molecule has 0 spiro atoms. The third-order valence-corrected chi connectivity index (χ3v) is 6.83. The summed E-state index contributed by atoms with van der Waals surface area (Å²) in [5.41, 5.74) is 6.59. The number of hydrogen-bond acceptors (Lipinski definition) is 2. The Hall–Kier alpha value is -0.0800. The van der Waals surface area contributed by atoms with Crippen LogP contribution in [0.3, 0.4) is 0 Å². The molecule has 0 amide bonds. The van der Waals surface area contributed by atoms with Crippen LogP contribution in [0, 0.1) is 29.1 Å². The van der Waals surface area contributed by atoms with Gasteiger partial charge in [-0.25, -0.2) is 0 Å². The molecule has 0 aromatic heterocycles. The molecule has 1 heterocycles. The Balaban J connectivity index is 1.35. The Morgan fingerprint density at radius 1 is 1.00 bits per heavy atom. The minimum absolute atomic E-state index is 0.773. The SMILES string of the molecule is NCC1CCN(CCC23CC4CC(CC(C4)C2)C3)C1. The maximum absolute atomic E-state index is 5.81. The summed E-state index contributed by atoms with van der Waals surface area (Å²) in [4.78, 5) is 2.70. The first-order valence-corrected chi connectivity index (χ1v) is 8.67. The van der Waals surface area contributed by atoms with E-state index in [1.807, 2.05) is 0 Å². The van der Waals surface area contributed by atoms with Crippen molar-refractivity contribution in [1.29, 1.82) is 0 Å². The van der Waals surface area contributed by atoms with E-state index in [9.17, 15) is 0 Å². The van der Waals surface area contributed by atoms with Crippen LogP contribution in [0.25, 0.3) is 0 Å². The second-order valence-corrected chi connectivity index (χ2v) is 8.36. The quantitative estimate of drug-likeness (QED) is 0.844. The zero-order valence-corrected chi connectivity index (χ0v) is 12.3.